The standard InChI is InChI=1S/C18H21ClN2O3S/c1-4-21(5-2)25(23,24)15-11-9-14(10-12-15)18(22)20-17-8-6-7-16(19)13(17)3/h6-12H,4-5H2,1-3H3,(H,20,22). The van der Waals surface area contributed by atoms with Crippen molar-refractivity contribution in [1.82, 2.24) is 4.31 Å². The molecule has 2 rings (SSSR count). The molecule has 25 heavy (non-hydrogen) atoms. The summed E-state index contributed by atoms with van der Waals surface area (Å²) in [5.41, 5.74) is 1.77. The van der Waals surface area contributed by atoms with Gasteiger partial charge < -0.3 is 5.32 Å². The van der Waals surface area contributed by atoms with Crippen molar-refractivity contribution in [2.24, 2.45) is 0 Å². The largest absolute Gasteiger partial charge is 0.322 e. The number of anilines is 1. The van der Waals surface area contributed by atoms with Gasteiger partial charge in [-0.05, 0) is 48.9 Å². The molecule has 0 heterocycles. The fourth-order valence-corrected chi connectivity index (χ4v) is 4.06. The van der Waals surface area contributed by atoms with Crippen molar-refractivity contribution in [2.45, 2.75) is 25.7 Å². The number of halogens is 1. The van der Waals surface area contributed by atoms with Crippen LogP contribution in [0, 0.1) is 6.92 Å². The minimum atomic E-state index is -3.53. The second-order valence-electron chi connectivity index (χ2n) is 5.48. The van der Waals surface area contributed by atoms with Crippen molar-refractivity contribution >= 4 is 33.2 Å². The second kappa shape index (κ2) is 7.99. The molecule has 1 N–H and O–H groups in total. The predicted octanol–water partition coefficient (Wildman–Crippen LogP) is 3.93. The number of sulfonamides is 1. The van der Waals surface area contributed by atoms with Crippen molar-refractivity contribution in [3.8, 4) is 0 Å². The van der Waals surface area contributed by atoms with Crippen LogP contribution in [0.15, 0.2) is 47.4 Å². The molecule has 0 atom stereocenters. The Morgan fingerprint density at radius 3 is 2.24 bits per heavy atom. The first-order valence-electron chi connectivity index (χ1n) is 7.98. The van der Waals surface area contributed by atoms with E-state index in [1.165, 1.54) is 28.6 Å². The first-order valence-corrected chi connectivity index (χ1v) is 9.79. The van der Waals surface area contributed by atoms with Gasteiger partial charge in [0.15, 0.2) is 0 Å². The molecule has 7 heteroatoms. The molecule has 0 aliphatic carbocycles. The molecule has 0 aliphatic heterocycles. The van der Waals surface area contributed by atoms with Gasteiger partial charge in [-0.15, -0.1) is 0 Å². The van der Waals surface area contributed by atoms with E-state index in [0.29, 0.717) is 29.4 Å². The molecule has 0 aliphatic rings. The molecule has 134 valence electrons. The Morgan fingerprint density at radius 1 is 1.08 bits per heavy atom. The van der Waals surface area contributed by atoms with Crippen LogP contribution < -0.4 is 5.32 Å². The lowest BCUT2D eigenvalue weighted by Gasteiger charge is -2.18. The maximum Gasteiger partial charge on any atom is 0.255 e. The van der Waals surface area contributed by atoms with E-state index in [-0.39, 0.29) is 10.8 Å². The number of amides is 1. The van der Waals surface area contributed by atoms with E-state index in [9.17, 15) is 13.2 Å². The summed E-state index contributed by atoms with van der Waals surface area (Å²) in [6, 6.07) is 11.2. The Kier molecular flexibility index (Phi) is 6.21. The highest BCUT2D eigenvalue weighted by Gasteiger charge is 2.21. The fraction of sp³-hybridized carbons (Fsp3) is 0.278. The molecular weight excluding hydrogens is 360 g/mol. The first-order chi connectivity index (χ1) is 11.8. The Morgan fingerprint density at radius 2 is 1.68 bits per heavy atom. The van der Waals surface area contributed by atoms with Gasteiger partial charge in [0.1, 0.15) is 0 Å². The van der Waals surface area contributed by atoms with Crippen LogP contribution in [-0.4, -0.2) is 31.7 Å². The topological polar surface area (TPSA) is 66.5 Å². The summed E-state index contributed by atoms with van der Waals surface area (Å²) in [5, 5.41) is 3.36. The zero-order chi connectivity index (χ0) is 18.6. The van der Waals surface area contributed by atoms with Crippen molar-refractivity contribution in [2.75, 3.05) is 18.4 Å². The van der Waals surface area contributed by atoms with Crippen LogP contribution in [0.3, 0.4) is 0 Å². The number of carbonyl (C=O) groups excluding carboxylic acids is 1. The minimum Gasteiger partial charge on any atom is -0.322 e. The van der Waals surface area contributed by atoms with Gasteiger partial charge >= 0.3 is 0 Å². The third-order valence-electron chi connectivity index (χ3n) is 3.98. The molecule has 0 fully saturated rings. The lowest BCUT2D eigenvalue weighted by molar-refractivity contribution is 0.102. The summed E-state index contributed by atoms with van der Waals surface area (Å²) < 4.78 is 26.3. The van der Waals surface area contributed by atoms with Gasteiger partial charge in [-0.2, -0.15) is 4.31 Å². The normalized spacial score (nSPS) is 11.6. The highest BCUT2D eigenvalue weighted by molar-refractivity contribution is 7.89. The van der Waals surface area contributed by atoms with Crippen LogP contribution in [0.5, 0.6) is 0 Å². The molecule has 0 saturated heterocycles. The molecule has 0 saturated carbocycles. The highest BCUT2D eigenvalue weighted by Crippen LogP contribution is 2.24. The second-order valence-corrected chi connectivity index (χ2v) is 7.83. The zero-order valence-electron chi connectivity index (χ0n) is 14.4. The molecule has 5 nitrogen and oxygen atoms in total. The van der Waals surface area contributed by atoms with Crippen LogP contribution in [0.2, 0.25) is 5.02 Å². The van der Waals surface area contributed by atoms with E-state index in [2.05, 4.69) is 5.32 Å². The summed E-state index contributed by atoms with van der Waals surface area (Å²) in [6.45, 7) is 6.19. The summed E-state index contributed by atoms with van der Waals surface area (Å²) >= 11 is 6.05. The Balaban J connectivity index is 2.22. The summed E-state index contributed by atoms with van der Waals surface area (Å²) in [6.07, 6.45) is 0. The third kappa shape index (κ3) is 4.21. The Bertz CT molecular complexity index is 860. The highest BCUT2D eigenvalue weighted by atomic mass is 35.5. The molecule has 2 aromatic rings. The van der Waals surface area contributed by atoms with Crippen molar-refractivity contribution < 1.29 is 13.2 Å². The monoisotopic (exact) mass is 380 g/mol. The van der Waals surface area contributed by atoms with E-state index in [1.807, 2.05) is 6.92 Å². The van der Waals surface area contributed by atoms with Gasteiger partial charge in [0.25, 0.3) is 5.91 Å². The van der Waals surface area contributed by atoms with Gasteiger partial charge in [0, 0.05) is 29.4 Å². The molecule has 2 aromatic carbocycles. The van der Waals surface area contributed by atoms with Crippen molar-refractivity contribution in [3.05, 3.63) is 58.6 Å². The molecule has 0 radical (unpaired) electrons. The van der Waals surface area contributed by atoms with Crippen LogP contribution >= 0.6 is 11.6 Å². The SMILES string of the molecule is CCN(CC)S(=O)(=O)c1ccc(C(=O)Nc2cccc(Cl)c2C)cc1. The number of nitrogens with zero attached hydrogens (tertiary/aromatic N) is 1. The molecule has 0 aromatic heterocycles. The van der Waals surface area contributed by atoms with Crippen LogP contribution in [0.25, 0.3) is 0 Å². The predicted molar refractivity (Wildman–Crippen MR) is 101 cm³/mol. The van der Waals surface area contributed by atoms with E-state index < -0.39 is 10.0 Å². The average Bonchev–Trinajstić information content (AvgIpc) is 2.60. The maximum absolute atomic E-state index is 12.5. The number of benzene rings is 2. The first kappa shape index (κ1) is 19.4. The minimum absolute atomic E-state index is 0.173. The fourth-order valence-electron chi connectivity index (χ4n) is 2.43. The van der Waals surface area contributed by atoms with Gasteiger partial charge in [0.05, 0.1) is 4.90 Å². The Hall–Kier alpha value is -1.89. The van der Waals surface area contributed by atoms with Gasteiger partial charge in [-0.25, -0.2) is 8.42 Å². The number of rotatable bonds is 6. The van der Waals surface area contributed by atoms with Gasteiger partial charge in [0.2, 0.25) is 10.0 Å². The molecule has 1 amide bonds. The lowest BCUT2D eigenvalue weighted by Crippen LogP contribution is -2.30. The number of hydrogen-bond donors (Lipinski definition) is 1. The molecule has 0 bridgehead atoms. The smallest absolute Gasteiger partial charge is 0.255 e. The summed E-state index contributed by atoms with van der Waals surface area (Å²) in [4.78, 5) is 12.5. The molecular formula is C18H21ClN2O3S. The zero-order valence-corrected chi connectivity index (χ0v) is 16.0. The van der Waals surface area contributed by atoms with Gasteiger partial charge in [-0.1, -0.05) is 31.5 Å². The van der Waals surface area contributed by atoms with E-state index >= 15 is 0 Å². The van der Waals surface area contributed by atoms with Gasteiger partial charge in [-0.3, -0.25) is 4.79 Å². The molecule has 0 unspecified atom stereocenters. The third-order valence-corrected chi connectivity index (χ3v) is 6.45. The van der Waals surface area contributed by atoms with Crippen molar-refractivity contribution in [3.63, 3.8) is 0 Å². The number of carbonyl (C=O) groups is 1. The van der Waals surface area contributed by atoms with Crippen LogP contribution in [0.1, 0.15) is 29.8 Å². The van der Waals surface area contributed by atoms with Crippen molar-refractivity contribution in [1.29, 1.82) is 0 Å². The molecule has 0 spiro atoms. The summed E-state index contributed by atoms with van der Waals surface area (Å²) in [7, 11) is -3.53. The van der Waals surface area contributed by atoms with E-state index in [1.54, 1.807) is 32.0 Å². The van der Waals surface area contributed by atoms with E-state index in [4.69, 9.17) is 11.6 Å². The number of nitrogens with one attached hydrogen (secondary N) is 1. The maximum atomic E-state index is 12.5. The Labute approximate surface area is 153 Å². The number of hydrogen-bond acceptors (Lipinski definition) is 3. The van der Waals surface area contributed by atoms with E-state index in [0.717, 1.165) is 5.56 Å². The van der Waals surface area contributed by atoms with Crippen LogP contribution in [-0.2, 0) is 10.0 Å². The van der Waals surface area contributed by atoms with Crippen LogP contribution in [0.4, 0.5) is 5.69 Å². The lowest BCUT2D eigenvalue weighted by atomic mass is 10.1. The average molecular weight is 381 g/mol. The quantitative estimate of drug-likeness (QED) is 0.825. The summed E-state index contributed by atoms with van der Waals surface area (Å²) in [5.74, 6) is -0.322.